The molecule has 1 rings (SSSR count). The third kappa shape index (κ3) is 3.56. The van der Waals surface area contributed by atoms with E-state index in [1.165, 1.54) is 0 Å². The van der Waals surface area contributed by atoms with Gasteiger partial charge in [-0.2, -0.15) is 0 Å². The summed E-state index contributed by atoms with van der Waals surface area (Å²) >= 11 is 0. The van der Waals surface area contributed by atoms with Crippen molar-refractivity contribution >= 4 is 11.9 Å². The quantitative estimate of drug-likeness (QED) is 0.537. The van der Waals surface area contributed by atoms with E-state index in [0.29, 0.717) is 11.8 Å². The van der Waals surface area contributed by atoms with Gasteiger partial charge in [0.15, 0.2) is 0 Å². The maximum absolute atomic E-state index is 11.8. The molecule has 3 nitrogen and oxygen atoms in total. The Balaban J connectivity index is 2.89. The summed E-state index contributed by atoms with van der Waals surface area (Å²) in [6, 6.07) is 0. The Labute approximate surface area is 110 Å². The zero-order chi connectivity index (χ0) is 13.9. The minimum atomic E-state index is -0.357. The molecule has 1 aliphatic rings. The van der Waals surface area contributed by atoms with Crippen molar-refractivity contribution in [2.45, 2.75) is 60.3 Å². The third-order valence-corrected chi connectivity index (χ3v) is 4.10. The van der Waals surface area contributed by atoms with Crippen LogP contribution in [-0.2, 0) is 14.3 Å². The van der Waals surface area contributed by atoms with Crippen LogP contribution in [0, 0.1) is 23.2 Å². The van der Waals surface area contributed by atoms with Crippen molar-refractivity contribution in [1.29, 1.82) is 0 Å². The smallest absolute Gasteiger partial charge is 0.317 e. The highest BCUT2D eigenvalue weighted by atomic mass is 16.6. The van der Waals surface area contributed by atoms with Gasteiger partial charge in [0.25, 0.3) is 0 Å². The van der Waals surface area contributed by atoms with E-state index >= 15 is 0 Å². The lowest BCUT2D eigenvalue weighted by molar-refractivity contribution is -0.154. The molecule has 18 heavy (non-hydrogen) atoms. The lowest BCUT2D eigenvalue weighted by atomic mass is 9.66. The van der Waals surface area contributed by atoms with Crippen LogP contribution in [0.25, 0.3) is 0 Å². The van der Waals surface area contributed by atoms with Gasteiger partial charge in [-0.05, 0) is 30.1 Å². The molecule has 0 aromatic heterocycles. The maximum Gasteiger partial charge on any atom is 0.317 e. The van der Waals surface area contributed by atoms with Gasteiger partial charge in [0.05, 0.1) is 12.3 Å². The van der Waals surface area contributed by atoms with Crippen LogP contribution in [0.1, 0.15) is 60.3 Å². The first-order valence-electron chi connectivity index (χ1n) is 7.03. The van der Waals surface area contributed by atoms with Gasteiger partial charge >= 0.3 is 11.9 Å². The summed E-state index contributed by atoms with van der Waals surface area (Å²) < 4.78 is 4.74. The lowest BCUT2D eigenvalue weighted by Gasteiger charge is -2.36. The van der Waals surface area contributed by atoms with Crippen molar-refractivity contribution in [3.63, 3.8) is 0 Å². The second kappa shape index (κ2) is 5.85. The number of carbonyl (C=O) groups excluding carboxylic acids is 2. The van der Waals surface area contributed by atoms with Crippen molar-refractivity contribution in [3.05, 3.63) is 0 Å². The molecule has 0 spiro atoms. The molecule has 1 aliphatic heterocycles. The van der Waals surface area contributed by atoms with E-state index in [4.69, 9.17) is 4.74 Å². The monoisotopic (exact) mass is 254 g/mol. The average molecular weight is 254 g/mol. The molecule has 0 bridgehead atoms. The summed E-state index contributed by atoms with van der Waals surface area (Å²) in [5.41, 5.74) is -0.118. The number of cyclic esters (lactones) is 2. The van der Waals surface area contributed by atoms with Crippen molar-refractivity contribution in [3.8, 4) is 0 Å². The van der Waals surface area contributed by atoms with Crippen LogP contribution < -0.4 is 0 Å². The number of rotatable bonds is 6. The first-order valence-corrected chi connectivity index (χ1v) is 7.03. The normalized spacial score (nSPS) is 25.1. The number of esters is 2. The predicted octanol–water partition coefficient (Wildman–Crippen LogP) is 3.56. The van der Waals surface area contributed by atoms with Gasteiger partial charge < -0.3 is 4.74 Å². The molecule has 0 N–H and O–H groups in total. The zero-order valence-electron chi connectivity index (χ0n) is 12.3. The van der Waals surface area contributed by atoms with Crippen molar-refractivity contribution in [1.82, 2.24) is 0 Å². The third-order valence-electron chi connectivity index (χ3n) is 4.10. The molecule has 0 aromatic carbocycles. The van der Waals surface area contributed by atoms with E-state index in [0.717, 1.165) is 19.3 Å². The Morgan fingerprint density at radius 1 is 1.28 bits per heavy atom. The molecule has 0 aliphatic carbocycles. The Morgan fingerprint density at radius 3 is 2.28 bits per heavy atom. The van der Waals surface area contributed by atoms with Gasteiger partial charge in [-0.3, -0.25) is 9.59 Å². The zero-order valence-corrected chi connectivity index (χ0v) is 12.3. The molecule has 0 radical (unpaired) electrons. The number of ether oxygens (including phenoxy) is 1. The van der Waals surface area contributed by atoms with E-state index in [-0.39, 0.29) is 29.7 Å². The van der Waals surface area contributed by atoms with Crippen molar-refractivity contribution in [2.24, 2.45) is 23.2 Å². The second-order valence-corrected chi connectivity index (χ2v) is 6.52. The predicted molar refractivity (Wildman–Crippen MR) is 70.8 cm³/mol. The molecule has 1 fully saturated rings. The molecule has 3 unspecified atom stereocenters. The fourth-order valence-electron chi connectivity index (χ4n) is 3.25. The highest BCUT2D eigenvalue weighted by Gasteiger charge is 2.46. The van der Waals surface area contributed by atoms with Crippen LogP contribution in [-0.4, -0.2) is 11.9 Å². The van der Waals surface area contributed by atoms with Crippen molar-refractivity contribution < 1.29 is 14.3 Å². The van der Waals surface area contributed by atoms with Crippen LogP contribution >= 0.6 is 0 Å². The lowest BCUT2D eigenvalue weighted by Crippen LogP contribution is -2.34. The molecular formula is C15H26O3. The van der Waals surface area contributed by atoms with E-state index in [2.05, 4.69) is 34.6 Å². The number of carbonyl (C=O) groups is 2. The second-order valence-electron chi connectivity index (χ2n) is 6.52. The Bertz CT molecular complexity index is 322. The van der Waals surface area contributed by atoms with E-state index in [1.54, 1.807) is 0 Å². The summed E-state index contributed by atoms with van der Waals surface area (Å²) in [5.74, 6) is 0.164. The minimum Gasteiger partial charge on any atom is -0.393 e. The molecule has 0 aromatic rings. The van der Waals surface area contributed by atoms with Gasteiger partial charge in [-0.1, -0.05) is 41.0 Å². The van der Waals surface area contributed by atoms with Crippen LogP contribution in [0.2, 0.25) is 0 Å². The molecule has 0 amide bonds. The van der Waals surface area contributed by atoms with Crippen LogP contribution in [0.15, 0.2) is 0 Å². The summed E-state index contributed by atoms with van der Waals surface area (Å²) in [5, 5.41) is 0. The van der Waals surface area contributed by atoms with E-state index in [1.807, 2.05) is 0 Å². The summed E-state index contributed by atoms with van der Waals surface area (Å²) in [6.45, 7) is 10.8. The van der Waals surface area contributed by atoms with E-state index in [9.17, 15) is 9.59 Å². The molecule has 3 heteroatoms. The molecule has 104 valence electrons. The summed E-state index contributed by atoms with van der Waals surface area (Å²) in [7, 11) is 0. The molecule has 1 saturated heterocycles. The molecular weight excluding hydrogens is 228 g/mol. The molecule has 3 atom stereocenters. The highest BCUT2D eigenvalue weighted by molar-refractivity contribution is 5.95. The minimum absolute atomic E-state index is 0.118. The Hall–Kier alpha value is -0.860. The molecule has 0 saturated carbocycles. The largest absolute Gasteiger partial charge is 0.393 e. The van der Waals surface area contributed by atoms with Crippen LogP contribution in [0.4, 0.5) is 0 Å². The topological polar surface area (TPSA) is 43.4 Å². The maximum atomic E-state index is 11.8. The number of hydrogen-bond acceptors (Lipinski definition) is 3. The van der Waals surface area contributed by atoms with Gasteiger partial charge in [0.2, 0.25) is 0 Å². The van der Waals surface area contributed by atoms with Crippen molar-refractivity contribution in [2.75, 3.05) is 0 Å². The fourth-order valence-corrected chi connectivity index (χ4v) is 3.25. The van der Waals surface area contributed by atoms with Gasteiger partial charge in [0.1, 0.15) is 0 Å². The summed E-state index contributed by atoms with van der Waals surface area (Å²) in [4.78, 5) is 23.1. The number of hydrogen-bond donors (Lipinski definition) is 0. The van der Waals surface area contributed by atoms with Gasteiger partial charge in [-0.15, -0.1) is 0 Å². The fraction of sp³-hybridized carbons (Fsp3) is 0.867. The first-order chi connectivity index (χ1) is 8.28. The Kier molecular flexibility index (Phi) is 4.94. The van der Waals surface area contributed by atoms with E-state index < -0.39 is 0 Å². The van der Waals surface area contributed by atoms with Gasteiger partial charge in [0, 0.05) is 0 Å². The highest BCUT2D eigenvalue weighted by Crippen LogP contribution is 2.45. The SMILES string of the molecule is CCC(C)CC(C)(CC(C)C)C1CC(=O)OC1=O. The average Bonchev–Trinajstić information content (AvgIpc) is 2.57. The van der Waals surface area contributed by atoms with Gasteiger partial charge in [-0.25, -0.2) is 0 Å². The van der Waals surface area contributed by atoms with Crippen LogP contribution in [0.5, 0.6) is 0 Å². The summed E-state index contributed by atoms with van der Waals surface area (Å²) in [6.07, 6.45) is 3.31. The standard InChI is InChI=1S/C15H26O3/c1-6-11(4)9-15(5,8-10(2)3)12-7-13(16)18-14(12)17/h10-12H,6-9H2,1-5H3. The molecule has 1 heterocycles. The first kappa shape index (κ1) is 15.2. The van der Waals surface area contributed by atoms with Crippen LogP contribution in [0.3, 0.4) is 0 Å². The Morgan fingerprint density at radius 2 is 1.89 bits per heavy atom.